The molecular formula is C17H23N3O4S. The van der Waals surface area contributed by atoms with Gasteiger partial charge < -0.3 is 15.4 Å². The number of hydrogen-bond donors (Lipinski definition) is 3. The van der Waals surface area contributed by atoms with E-state index in [0.717, 1.165) is 32.4 Å². The van der Waals surface area contributed by atoms with Gasteiger partial charge >= 0.3 is 0 Å². The highest BCUT2D eigenvalue weighted by Gasteiger charge is 2.30. The third-order valence-corrected chi connectivity index (χ3v) is 5.79. The molecule has 0 unspecified atom stereocenters. The molecule has 1 saturated carbocycles. The van der Waals surface area contributed by atoms with Crippen molar-refractivity contribution in [2.24, 2.45) is 0 Å². The molecule has 1 aliphatic carbocycles. The van der Waals surface area contributed by atoms with Crippen LogP contribution in [0.1, 0.15) is 29.6 Å². The van der Waals surface area contributed by atoms with Crippen LogP contribution in [0.15, 0.2) is 34.7 Å². The third-order valence-electron chi connectivity index (χ3n) is 4.25. The highest BCUT2D eigenvalue weighted by molar-refractivity contribution is 7.89. The van der Waals surface area contributed by atoms with Gasteiger partial charge in [0.15, 0.2) is 0 Å². The molecule has 7 nitrogen and oxygen atoms in total. The molecule has 1 aromatic carbocycles. The average Bonchev–Trinajstić information content (AvgIpc) is 3.43. The van der Waals surface area contributed by atoms with E-state index < -0.39 is 10.0 Å². The number of methoxy groups -OCH3 is 1. The summed E-state index contributed by atoms with van der Waals surface area (Å²) >= 11 is 0. The van der Waals surface area contributed by atoms with Gasteiger partial charge in [0.25, 0.3) is 5.91 Å². The molecule has 1 aromatic rings. The SMILES string of the molecule is COc1ccc(C(=O)NCC2=CCNCC2)cc1S(=O)(=O)NC1CC1. The molecule has 136 valence electrons. The van der Waals surface area contributed by atoms with Crippen LogP contribution >= 0.6 is 0 Å². The average molecular weight is 365 g/mol. The van der Waals surface area contributed by atoms with Crippen molar-refractivity contribution in [2.75, 3.05) is 26.7 Å². The van der Waals surface area contributed by atoms with Crippen LogP contribution < -0.4 is 20.1 Å². The number of amides is 1. The second-order valence-electron chi connectivity index (χ2n) is 6.26. The Kier molecular flexibility index (Phi) is 5.41. The van der Waals surface area contributed by atoms with Gasteiger partial charge in [-0.05, 0) is 44.0 Å². The zero-order valence-corrected chi connectivity index (χ0v) is 15.0. The van der Waals surface area contributed by atoms with Gasteiger partial charge in [-0.25, -0.2) is 13.1 Å². The molecular weight excluding hydrogens is 342 g/mol. The summed E-state index contributed by atoms with van der Waals surface area (Å²) in [5.41, 5.74) is 1.47. The minimum absolute atomic E-state index is 0.00404. The van der Waals surface area contributed by atoms with Gasteiger partial charge in [-0.1, -0.05) is 11.6 Å². The molecule has 0 atom stereocenters. The lowest BCUT2D eigenvalue weighted by atomic mass is 10.1. The van der Waals surface area contributed by atoms with Crippen LogP contribution in [0.3, 0.4) is 0 Å². The lowest BCUT2D eigenvalue weighted by Crippen LogP contribution is -2.30. The summed E-state index contributed by atoms with van der Waals surface area (Å²) in [4.78, 5) is 12.4. The van der Waals surface area contributed by atoms with Crippen LogP contribution in [0, 0.1) is 0 Å². The van der Waals surface area contributed by atoms with Crippen LogP contribution in [0.5, 0.6) is 5.75 Å². The Morgan fingerprint density at radius 2 is 2.16 bits per heavy atom. The van der Waals surface area contributed by atoms with Crippen LogP contribution in [0.25, 0.3) is 0 Å². The van der Waals surface area contributed by atoms with Gasteiger partial charge in [0, 0.05) is 24.7 Å². The summed E-state index contributed by atoms with van der Waals surface area (Å²) in [6.45, 7) is 2.18. The minimum atomic E-state index is -3.71. The number of hydrogen-bond acceptors (Lipinski definition) is 5. The summed E-state index contributed by atoms with van der Waals surface area (Å²) < 4.78 is 32.8. The molecule has 0 radical (unpaired) electrons. The Hall–Kier alpha value is -1.90. The Morgan fingerprint density at radius 3 is 2.80 bits per heavy atom. The summed E-state index contributed by atoms with van der Waals surface area (Å²) in [6, 6.07) is 4.44. The number of carbonyl (C=O) groups is 1. The van der Waals surface area contributed by atoms with Gasteiger partial charge in [-0.3, -0.25) is 4.79 Å². The van der Waals surface area contributed by atoms with E-state index >= 15 is 0 Å². The lowest BCUT2D eigenvalue weighted by Gasteiger charge is -2.15. The summed E-state index contributed by atoms with van der Waals surface area (Å²) in [5.74, 6) is -0.0734. The van der Waals surface area contributed by atoms with Gasteiger partial charge in [-0.15, -0.1) is 0 Å². The van der Waals surface area contributed by atoms with Gasteiger partial charge in [0.05, 0.1) is 7.11 Å². The summed E-state index contributed by atoms with van der Waals surface area (Å²) in [6.07, 6.45) is 4.64. The summed E-state index contributed by atoms with van der Waals surface area (Å²) in [7, 11) is -2.29. The fourth-order valence-corrected chi connectivity index (χ4v) is 4.14. The second kappa shape index (κ2) is 7.55. The maximum Gasteiger partial charge on any atom is 0.251 e. The van der Waals surface area contributed by atoms with E-state index in [2.05, 4.69) is 21.4 Å². The molecule has 0 aromatic heterocycles. The number of nitrogens with one attached hydrogen (secondary N) is 3. The van der Waals surface area contributed by atoms with E-state index in [1.165, 1.54) is 24.8 Å². The van der Waals surface area contributed by atoms with Crippen molar-refractivity contribution in [1.29, 1.82) is 0 Å². The number of benzene rings is 1. The largest absolute Gasteiger partial charge is 0.495 e. The Balaban J connectivity index is 1.76. The van der Waals surface area contributed by atoms with Crippen molar-refractivity contribution < 1.29 is 17.9 Å². The maximum atomic E-state index is 12.5. The zero-order valence-electron chi connectivity index (χ0n) is 14.2. The molecule has 0 saturated heterocycles. The standard InChI is InChI=1S/C17H23N3O4S/c1-24-15-5-2-13(10-16(15)25(22,23)20-14-3-4-14)17(21)19-11-12-6-8-18-9-7-12/h2,5-6,10,14,18,20H,3-4,7-9,11H2,1H3,(H,19,21). The molecule has 8 heteroatoms. The van der Waals surface area contributed by atoms with E-state index in [9.17, 15) is 13.2 Å². The van der Waals surface area contributed by atoms with E-state index in [1.807, 2.05) is 0 Å². The van der Waals surface area contributed by atoms with E-state index in [0.29, 0.717) is 12.1 Å². The predicted molar refractivity (Wildman–Crippen MR) is 94.2 cm³/mol. The highest BCUT2D eigenvalue weighted by atomic mass is 32.2. The van der Waals surface area contributed by atoms with Gasteiger partial charge in [-0.2, -0.15) is 0 Å². The first-order valence-corrected chi connectivity index (χ1v) is 9.85. The van der Waals surface area contributed by atoms with E-state index in [-0.39, 0.29) is 22.6 Å². The van der Waals surface area contributed by atoms with E-state index in [4.69, 9.17) is 4.74 Å². The van der Waals surface area contributed by atoms with Crippen LogP contribution in [-0.4, -0.2) is 47.1 Å². The molecule has 0 spiro atoms. The fourth-order valence-electron chi connectivity index (χ4n) is 2.64. The molecule has 25 heavy (non-hydrogen) atoms. The number of rotatable bonds is 7. The first-order chi connectivity index (χ1) is 12.0. The van der Waals surface area contributed by atoms with Crippen LogP contribution in [0.4, 0.5) is 0 Å². The van der Waals surface area contributed by atoms with Crippen LogP contribution in [0.2, 0.25) is 0 Å². The van der Waals surface area contributed by atoms with Crippen molar-refractivity contribution >= 4 is 15.9 Å². The number of ether oxygens (including phenoxy) is 1. The fraction of sp³-hybridized carbons (Fsp3) is 0.471. The first-order valence-electron chi connectivity index (χ1n) is 8.37. The van der Waals surface area contributed by atoms with Crippen molar-refractivity contribution in [3.63, 3.8) is 0 Å². The maximum absolute atomic E-state index is 12.5. The second-order valence-corrected chi connectivity index (χ2v) is 7.94. The Bertz CT molecular complexity index is 785. The van der Waals surface area contributed by atoms with E-state index in [1.54, 1.807) is 6.07 Å². The Morgan fingerprint density at radius 1 is 1.36 bits per heavy atom. The normalized spacial score (nSPS) is 17.7. The van der Waals surface area contributed by atoms with Gasteiger partial charge in [0.1, 0.15) is 10.6 Å². The molecule has 1 aliphatic heterocycles. The third kappa shape index (κ3) is 4.59. The first kappa shape index (κ1) is 17.9. The Labute approximate surface area is 147 Å². The van der Waals surface area contributed by atoms with Crippen molar-refractivity contribution in [3.8, 4) is 5.75 Å². The zero-order chi connectivity index (χ0) is 17.9. The smallest absolute Gasteiger partial charge is 0.251 e. The quantitative estimate of drug-likeness (QED) is 0.621. The monoisotopic (exact) mass is 365 g/mol. The van der Waals surface area contributed by atoms with Crippen LogP contribution in [-0.2, 0) is 10.0 Å². The highest BCUT2D eigenvalue weighted by Crippen LogP contribution is 2.28. The molecule has 1 fully saturated rings. The predicted octanol–water partition coefficient (Wildman–Crippen LogP) is 0.785. The van der Waals surface area contributed by atoms with Crippen molar-refractivity contribution in [1.82, 2.24) is 15.4 Å². The molecule has 1 amide bonds. The van der Waals surface area contributed by atoms with Gasteiger partial charge in [0.2, 0.25) is 10.0 Å². The molecule has 0 bridgehead atoms. The van der Waals surface area contributed by atoms with Crippen molar-refractivity contribution in [2.45, 2.75) is 30.2 Å². The molecule has 2 aliphatic rings. The minimum Gasteiger partial charge on any atom is -0.495 e. The van der Waals surface area contributed by atoms with Crippen molar-refractivity contribution in [3.05, 3.63) is 35.4 Å². The molecule has 3 rings (SSSR count). The molecule has 1 heterocycles. The number of carbonyl (C=O) groups excluding carboxylic acids is 1. The number of sulfonamides is 1. The summed E-state index contributed by atoms with van der Waals surface area (Å²) in [5, 5.41) is 6.06. The topological polar surface area (TPSA) is 96.5 Å². The lowest BCUT2D eigenvalue weighted by molar-refractivity contribution is 0.0956. The molecule has 3 N–H and O–H groups in total.